The highest BCUT2D eigenvalue weighted by Crippen LogP contribution is 2.43. The molecular formula is C15H24O5. The minimum atomic E-state index is -0.702. The zero-order chi connectivity index (χ0) is 14.8. The molecule has 1 heterocycles. The van der Waals surface area contributed by atoms with Gasteiger partial charge in [0.1, 0.15) is 0 Å². The van der Waals surface area contributed by atoms with Gasteiger partial charge in [-0.05, 0) is 25.7 Å². The van der Waals surface area contributed by atoms with Crippen LogP contribution in [0.3, 0.4) is 0 Å². The van der Waals surface area contributed by atoms with Crippen LogP contribution in [-0.2, 0) is 19.0 Å². The van der Waals surface area contributed by atoms with Crippen molar-refractivity contribution in [2.75, 3.05) is 20.3 Å². The zero-order valence-electron chi connectivity index (χ0n) is 12.4. The number of aliphatic hydroxyl groups excluding tert-OH is 1. The summed E-state index contributed by atoms with van der Waals surface area (Å²) in [7, 11) is 1.40. The molecule has 3 atom stereocenters. The van der Waals surface area contributed by atoms with Crippen LogP contribution in [0, 0.1) is 11.3 Å². The predicted octanol–water partition coefficient (Wildman–Crippen LogP) is 1.65. The number of hydrogen-bond acceptors (Lipinski definition) is 5. The van der Waals surface area contributed by atoms with E-state index >= 15 is 0 Å². The Labute approximate surface area is 119 Å². The van der Waals surface area contributed by atoms with Crippen LogP contribution < -0.4 is 0 Å². The first kappa shape index (κ1) is 15.5. The van der Waals surface area contributed by atoms with Crippen LogP contribution >= 0.6 is 0 Å². The molecule has 2 rings (SSSR count). The van der Waals surface area contributed by atoms with E-state index in [2.05, 4.69) is 0 Å². The normalized spacial score (nSPS) is 36.0. The second kappa shape index (κ2) is 5.84. The lowest BCUT2D eigenvalue weighted by Crippen LogP contribution is -2.42. The van der Waals surface area contributed by atoms with Gasteiger partial charge in [-0.25, -0.2) is 0 Å². The number of carbonyl (C=O) groups is 1. The highest BCUT2D eigenvalue weighted by molar-refractivity contribution is 5.79. The summed E-state index contributed by atoms with van der Waals surface area (Å²) in [6.45, 7) is 5.05. The van der Waals surface area contributed by atoms with Gasteiger partial charge in [0.15, 0.2) is 5.79 Å². The van der Waals surface area contributed by atoms with Crippen LogP contribution in [0.15, 0.2) is 12.2 Å². The molecule has 1 N–H and O–H groups in total. The Hall–Kier alpha value is -0.910. The summed E-state index contributed by atoms with van der Waals surface area (Å²) in [5.41, 5.74) is -0.702. The molecule has 0 aromatic carbocycles. The van der Waals surface area contributed by atoms with E-state index in [1.165, 1.54) is 7.11 Å². The number of hydrogen-bond donors (Lipinski definition) is 1. The average Bonchev–Trinajstić information content (AvgIpc) is 2.85. The van der Waals surface area contributed by atoms with Gasteiger partial charge < -0.3 is 19.3 Å². The lowest BCUT2D eigenvalue weighted by atomic mass is 9.67. The zero-order valence-corrected chi connectivity index (χ0v) is 12.4. The van der Waals surface area contributed by atoms with Gasteiger partial charge in [-0.3, -0.25) is 4.79 Å². The van der Waals surface area contributed by atoms with Crippen molar-refractivity contribution >= 4 is 5.97 Å². The van der Waals surface area contributed by atoms with E-state index in [4.69, 9.17) is 14.2 Å². The number of carbonyl (C=O) groups excluding carboxylic acids is 1. The van der Waals surface area contributed by atoms with Crippen LogP contribution in [0.2, 0.25) is 0 Å². The minimum absolute atomic E-state index is 0.0138. The Balaban J connectivity index is 2.15. The molecule has 114 valence electrons. The van der Waals surface area contributed by atoms with E-state index in [1.807, 2.05) is 13.8 Å². The molecule has 1 aliphatic carbocycles. The minimum Gasteiger partial charge on any atom is -0.468 e. The second-order valence-electron chi connectivity index (χ2n) is 5.93. The molecule has 0 saturated carbocycles. The lowest BCUT2D eigenvalue weighted by molar-refractivity contribution is -0.165. The monoisotopic (exact) mass is 284 g/mol. The molecule has 0 radical (unpaired) electrons. The Morgan fingerprint density at radius 1 is 1.40 bits per heavy atom. The Bertz CT molecular complexity index is 386. The summed E-state index contributed by atoms with van der Waals surface area (Å²) in [5, 5.41) is 9.71. The van der Waals surface area contributed by atoms with Crippen LogP contribution in [0.25, 0.3) is 0 Å². The van der Waals surface area contributed by atoms with Crippen LogP contribution in [0.5, 0.6) is 0 Å². The molecule has 0 aromatic rings. The van der Waals surface area contributed by atoms with E-state index in [0.29, 0.717) is 32.5 Å². The molecule has 0 bridgehead atoms. The van der Waals surface area contributed by atoms with Gasteiger partial charge in [0.2, 0.25) is 0 Å². The molecular weight excluding hydrogens is 260 g/mol. The largest absolute Gasteiger partial charge is 0.468 e. The van der Waals surface area contributed by atoms with Crippen molar-refractivity contribution in [2.45, 2.75) is 45.0 Å². The summed E-state index contributed by atoms with van der Waals surface area (Å²) in [6, 6.07) is 0. The topological polar surface area (TPSA) is 65.0 Å². The maximum Gasteiger partial charge on any atom is 0.315 e. The van der Waals surface area contributed by atoms with Crippen LogP contribution in [-0.4, -0.2) is 43.3 Å². The fourth-order valence-corrected chi connectivity index (χ4v) is 3.12. The average molecular weight is 284 g/mol. The van der Waals surface area contributed by atoms with Crippen molar-refractivity contribution < 1.29 is 24.1 Å². The summed E-state index contributed by atoms with van der Waals surface area (Å²) >= 11 is 0. The van der Waals surface area contributed by atoms with Crippen molar-refractivity contribution in [1.29, 1.82) is 0 Å². The van der Waals surface area contributed by atoms with Gasteiger partial charge >= 0.3 is 5.97 Å². The van der Waals surface area contributed by atoms with E-state index < -0.39 is 17.3 Å². The summed E-state index contributed by atoms with van der Waals surface area (Å²) in [6.07, 6.45) is 4.76. The van der Waals surface area contributed by atoms with Gasteiger partial charge in [0, 0.05) is 6.42 Å². The van der Waals surface area contributed by atoms with E-state index in [-0.39, 0.29) is 11.9 Å². The van der Waals surface area contributed by atoms with Crippen molar-refractivity contribution in [3.05, 3.63) is 12.2 Å². The lowest BCUT2D eigenvalue weighted by Gasteiger charge is -2.39. The summed E-state index contributed by atoms with van der Waals surface area (Å²) in [4.78, 5) is 12.3. The van der Waals surface area contributed by atoms with Crippen LogP contribution in [0.4, 0.5) is 0 Å². The quantitative estimate of drug-likeness (QED) is 0.628. The number of ether oxygens (including phenoxy) is 3. The molecule has 5 nitrogen and oxygen atoms in total. The van der Waals surface area contributed by atoms with Gasteiger partial charge in [0.25, 0.3) is 0 Å². The third-order valence-electron chi connectivity index (χ3n) is 4.55. The van der Waals surface area contributed by atoms with E-state index in [9.17, 15) is 9.90 Å². The van der Waals surface area contributed by atoms with Gasteiger partial charge in [0.05, 0.1) is 31.8 Å². The predicted molar refractivity (Wildman–Crippen MR) is 72.9 cm³/mol. The smallest absolute Gasteiger partial charge is 0.315 e. The van der Waals surface area contributed by atoms with E-state index in [0.717, 1.165) is 0 Å². The maximum atomic E-state index is 12.3. The van der Waals surface area contributed by atoms with Crippen molar-refractivity contribution in [2.24, 2.45) is 11.3 Å². The van der Waals surface area contributed by atoms with Crippen molar-refractivity contribution in [3.8, 4) is 0 Å². The summed E-state index contributed by atoms with van der Waals surface area (Å²) < 4.78 is 16.2. The Morgan fingerprint density at radius 3 is 2.60 bits per heavy atom. The number of esters is 1. The highest BCUT2D eigenvalue weighted by atomic mass is 16.7. The third kappa shape index (κ3) is 2.90. The van der Waals surface area contributed by atoms with Gasteiger partial charge in [-0.1, -0.05) is 19.1 Å². The number of methoxy groups -OCH3 is 1. The van der Waals surface area contributed by atoms with Crippen LogP contribution in [0.1, 0.15) is 33.1 Å². The second-order valence-corrected chi connectivity index (χ2v) is 5.93. The molecule has 0 amide bonds. The molecule has 1 aliphatic heterocycles. The third-order valence-corrected chi connectivity index (χ3v) is 4.55. The Kier molecular flexibility index (Phi) is 4.52. The van der Waals surface area contributed by atoms with Crippen molar-refractivity contribution in [3.63, 3.8) is 0 Å². The molecule has 0 aromatic heterocycles. The molecule has 1 saturated heterocycles. The first-order chi connectivity index (χ1) is 9.42. The number of rotatable bonds is 4. The molecule has 0 spiro atoms. The van der Waals surface area contributed by atoms with Gasteiger partial charge in [-0.15, -0.1) is 0 Å². The fourth-order valence-electron chi connectivity index (χ4n) is 3.12. The molecule has 2 aliphatic rings. The first-order valence-corrected chi connectivity index (χ1v) is 7.16. The maximum absolute atomic E-state index is 12.3. The fraction of sp³-hybridized carbons (Fsp3) is 0.800. The SMILES string of the molecule is COC(=O)[C@@]1(CCC2(C)OCCO2)C=C[C@@H](O)C[C@H]1C. The van der Waals surface area contributed by atoms with E-state index in [1.54, 1.807) is 12.2 Å². The highest BCUT2D eigenvalue weighted by Gasteiger charge is 2.46. The molecule has 20 heavy (non-hydrogen) atoms. The first-order valence-electron chi connectivity index (χ1n) is 7.16. The molecule has 1 fully saturated rings. The standard InChI is InChI=1S/C15H24O5/c1-11-10-12(16)4-5-15(11,13(17)18-3)7-6-14(2)19-8-9-20-14/h4-5,11-12,16H,6-10H2,1-3H3/t11-,12-,15-/m1/s1. The van der Waals surface area contributed by atoms with Gasteiger partial charge in [-0.2, -0.15) is 0 Å². The summed E-state index contributed by atoms with van der Waals surface area (Å²) in [5.74, 6) is -0.861. The van der Waals surface area contributed by atoms with Crippen molar-refractivity contribution in [1.82, 2.24) is 0 Å². The molecule has 0 unspecified atom stereocenters. The Morgan fingerprint density at radius 2 is 2.05 bits per heavy atom. The number of aliphatic hydroxyl groups is 1. The molecule has 5 heteroatoms.